The highest BCUT2D eigenvalue weighted by molar-refractivity contribution is 7.22. The number of carboxylic acids is 1. The Kier molecular flexibility index (Phi) is 8.12. The Morgan fingerprint density at radius 2 is 1.76 bits per heavy atom. The zero-order valence-electron chi connectivity index (χ0n) is 24.5. The fraction of sp³-hybridized carbons (Fsp3) is 0.257. The third-order valence-corrected chi connectivity index (χ3v) is 9.88. The Balaban J connectivity index is 1.15. The molecule has 45 heavy (non-hydrogen) atoms. The summed E-state index contributed by atoms with van der Waals surface area (Å²) in [7, 11) is 0. The van der Waals surface area contributed by atoms with Gasteiger partial charge in [-0.25, -0.2) is 14.8 Å². The van der Waals surface area contributed by atoms with Crippen LogP contribution < -0.4 is 15.0 Å². The maximum Gasteiger partial charge on any atom is 0.355 e. The Labute approximate surface area is 269 Å². The fourth-order valence-electron chi connectivity index (χ4n) is 6.26. The van der Waals surface area contributed by atoms with E-state index in [1.165, 1.54) is 17.8 Å². The van der Waals surface area contributed by atoms with Crippen LogP contribution in [-0.2, 0) is 13.0 Å². The second-order valence-corrected chi connectivity index (χ2v) is 12.8. The van der Waals surface area contributed by atoms with Gasteiger partial charge in [-0.05, 0) is 79.6 Å². The summed E-state index contributed by atoms with van der Waals surface area (Å²) >= 11 is 8.25. The number of fused-ring (bicyclic) bond motifs is 2. The van der Waals surface area contributed by atoms with Gasteiger partial charge >= 0.3 is 5.97 Å². The van der Waals surface area contributed by atoms with Crippen molar-refractivity contribution >= 4 is 56.0 Å². The largest absolute Gasteiger partial charge is 0.489 e. The number of ether oxygens (including phenoxy) is 1. The summed E-state index contributed by atoms with van der Waals surface area (Å²) in [6, 6.07) is 22.6. The van der Waals surface area contributed by atoms with E-state index in [4.69, 9.17) is 16.3 Å². The highest BCUT2D eigenvalue weighted by Crippen LogP contribution is 2.39. The van der Waals surface area contributed by atoms with Gasteiger partial charge in [-0.3, -0.25) is 10.1 Å². The molecule has 1 saturated carbocycles. The molecule has 2 aliphatic rings. The molecule has 0 unspecified atom stereocenters. The third kappa shape index (κ3) is 5.98. The van der Waals surface area contributed by atoms with Crippen molar-refractivity contribution in [3.63, 3.8) is 0 Å². The van der Waals surface area contributed by atoms with E-state index in [-0.39, 0.29) is 17.7 Å². The molecule has 7 rings (SSSR count). The number of nitrogens with zero attached hydrogens (tertiary/aromatic N) is 3. The molecule has 1 aliphatic heterocycles. The van der Waals surface area contributed by atoms with Crippen molar-refractivity contribution in [2.75, 3.05) is 16.8 Å². The molecule has 3 aromatic carbocycles. The van der Waals surface area contributed by atoms with Crippen LogP contribution in [0.5, 0.6) is 5.75 Å². The molecular formula is C35H31ClN4O4S. The number of nitrogens with one attached hydrogen (secondary N) is 1. The zero-order valence-corrected chi connectivity index (χ0v) is 26.0. The minimum Gasteiger partial charge on any atom is -0.489 e. The quantitative estimate of drug-likeness (QED) is 0.185. The van der Waals surface area contributed by atoms with E-state index < -0.39 is 5.97 Å². The number of carboxylic acid groups (broad SMARTS) is 1. The third-order valence-electron chi connectivity index (χ3n) is 8.54. The van der Waals surface area contributed by atoms with E-state index in [0.29, 0.717) is 57.9 Å². The molecule has 2 N–H and O–H groups in total. The summed E-state index contributed by atoms with van der Waals surface area (Å²) < 4.78 is 7.24. The number of benzene rings is 3. The average molecular weight is 639 g/mol. The van der Waals surface area contributed by atoms with Crippen LogP contribution in [0.2, 0.25) is 5.02 Å². The van der Waals surface area contributed by atoms with Crippen molar-refractivity contribution in [3.05, 3.63) is 100 Å². The molecule has 1 amide bonds. The van der Waals surface area contributed by atoms with E-state index in [9.17, 15) is 14.7 Å². The van der Waals surface area contributed by atoms with Crippen LogP contribution in [0.1, 0.15) is 64.1 Å². The van der Waals surface area contributed by atoms with Gasteiger partial charge in [-0.2, -0.15) is 0 Å². The van der Waals surface area contributed by atoms with Crippen molar-refractivity contribution in [2.24, 2.45) is 0 Å². The molecule has 0 bridgehead atoms. The highest BCUT2D eigenvalue weighted by atomic mass is 35.5. The Morgan fingerprint density at radius 3 is 2.58 bits per heavy atom. The van der Waals surface area contributed by atoms with Gasteiger partial charge in [0.25, 0.3) is 5.91 Å². The number of carbonyl (C=O) groups is 2. The summed E-state index contributed by atoms with van der Waals surface area (Å²) in [5.41, 5.74) is 4.29. The van der Waals surface area contributed by atoms with E-state index in [2.05, 4.69) is 15.3 Å². The first-order valence-corrected chi connectivity index (χ1v) is 16.4. The van der Waals surface area contributed by atoms with Crippen LogP contribution >= 0.6 is 22.9 Å². The molecule has 0 radical (unpaired) electrons. The van der Waals surface area contributed by atoms with Crippen LogP contribution in [0.4, 0.5) is 10.9 Å². The summed E-state index contributed by atoms with van der Waals surface area (Å²) in [6.07, 6.45) is 6.26. The van der Waals surface area contributed by atoms with Gasteiger partial charge in [0.1, 0.15) is 11.6 Å². The summed E-state index contributed by atoms with van der Waals surface area (Å²) in [4.78, 5) is 37.1. The van der Waals surface area contributed by atoms with Crippen molar-refractivity contribution in [1.82, 2.24) is 9.97 Å². The number of halogens is 1. The molecular weight excluding hydrogens is 608 g/mol. The second kappa shape index (κ2) is 12.5. The van der Waals surface area contributed by atoms with Crippen molar-refractivity contribution < 1.29 is 19.4 Å². The normalized spacial score (nSPS) is 15.1. The number of hydrogen-bond donors (Lipinski definition) is 2. The van der Waals surface area contributed by atoms with Crippen LogP contribution in [0.25, 0.3) is 21.3 Å². The van der Waals surface area contributed by atoms with Crippen molar-refractivity contribution in [2.45, 2.75) is 51.2 Å². The molecule has 0 saturated heterocycles. The number of anilines is 2. The predicted molar refractivity (Wildman–Crippen MR) is 178 cm³/mol. The summed E-state index contributed by atoms with van der Waals surface area (Å²) in [6.45, 7) is 1.04. The molecule has 3 heterocycles. The van der Waals surface area contributed by atoms with Crippen LogP contribution in [0.15, 0.2) is 72.8 Å². The first-order chi connectivity index (χ1) is 21.9. The number of rotatable bonds is 7. The minimum atomic E-state index is -1.14. The molecule has 228 valence electrons. The lowest BCUT2D eigenvalue weighted by atomic mass is 9.94. The molecule has 0 atom stereocenters. The maximum atomic E-state index is 13.5. The number of para-hydroxylation sites is 1. The standard InChI is InChI=1S/C35H31ClN4O4S/c36-31-23(11-7-14-28(31)44-22-9-2-1-3-10-22)24-16-17-30(38-32(24)34(42)43)40-19-18-21-8-6-12-25(26(21)20-40)33(41)39-35-37-27-13-4-5-15-29(27)45-35/h4-8,11-17,22H,1-3,9-10,18-20H2,(H,42,43)(H,37,39,41). The summed E-state index contributed by atoms with van der Waals surface area (Å²) in [5.74, 6) is -0.290. The molecule has 5 aromatic rings. The smallest absolute Gasteiger partial charge is 0.355 e. The summed E-state index contributed by atoms with van der Waals surface area (Å²) in [5, 5.41) is 14.1. The van der Waals surface area contributed by atoms with E-state index in [1.807, 2.05) is 65.6 Å². The Morgan fingerprint density at radius 1 is 0.933 bits per heavy atom. The lowest BCUT2D eigenvalue weighted by Gasteiger charge is -2.31. The van der Waals surface area contributed by atoms with Gasteiger partial charge in [-0.1, -0.05) is 65.8 Å². The Bertz CT molecular complexity index is 1890. The van der Waals surface area contributed by atoms with Gasteiger partial charge in [0.2, 0.25) is 0 Å². The topological polar surface area (TPSA) is 105 Å². The van der Waals surface area contributed by atoms with E-state index >= 15 is 0 Å². The number of amides is 1. The highest BCUT2D eigenvalue weighted by Gasteiger charge is 2.26. The molecule has 1 aliphatic carbocycles. The van der Waals surface area contributed by atoms with E-state index in [1.54, 1.807) is 12.1 Å². The van der Waals surface area contributed by atoms with Gasteiger partial charge in [0.15, 0.2) is 10.8 Å². The zero-order chi connectivity index (χ0) is 30.9. The predicted octanol–water partition coefficient (Wildman–Crippen LogP) is 8.24. The number of carbonyl (C=O) groups excluding carboxylic acids is 1. The second-order valence-electron chi connectivity index (χ2n) is 11.4. The number of thiazole rings is 1. The minimum absolute atomic E-state index is 0.0862. The molecule has 1 fully saturated rings. The van der Waals surface area contributed by atoms with Crippen LogP contribution in [0.3, 0.4) is 0 Å². The van der Waals surface area contributed by atoms with E-state index in [0.717, 1.165) is 47.0 Å². The SMILES string of the molecule is O=C(Nc1nc2ccccc2s1)c1cccc2c1CN(c1ccc(-c3cccc(OC4CCCCC4)c3Cl)c(C(=O)O)n1)CC2. The monoisotopic (exact) mass is 638 g/mol. The van der Waals surface area contributed by atoms with Gasteiger partial charge < -0.3 is 14.7 Å². The van der Waals surface area contributed by atoms with Crippen LogP contribution in [-0.4, -0.2) is 39.6 Å². The van der Waals surface area contributed by atoms with Gasteiger partial charge in [0.05, 0.1) is 21.3 Å². The molecule has 10 heteroatoms. The molecule has 8 nitrogen and oxygen atoms in total. The lowest BCUT2D eigenvalue weighted by molar-refractivity contribution is 0.0691. The maximum absolute atomic E-state index is 13.5. The fourth-order valence-corrected chi connectivity index (χ4v) is 7.39. The first-order valence-electron chi connectivity index (χ1n) is 15.2. The van der Waals surface area contributed by atoms with Gasteiger partial charge in [0, 0.05) is 29.8 Å². The first kappa shape index (κ1) is 29.3. The average Bonchev–Trinajstić information content (AvgIpc) is 3.48. The van der Waals surface area contributed by atoms with Crippen LogP contribution in [0, 0.1) is 0 Å². The Hall–Kier alpha value is -4.47. The number of aromatic nitrogens is 2. The molecule has 2 aromatic heterocycles. The van der Waals surface area contributed by atoms with Gasteiger partial charge in [-0.15, -0.1) is 0 Å². The van der Waals surface area contributed by atoms with Crippen molar-refractivity contribution in [3.8, 4) is 16.9 Å². The number of hydrogen-bond acceptors (Lipinski definition) is 7. The number of pyridine rings is 1. The van der Waals surface area contributed by atoms with Crippen molar-refractivity contribution in [1.29, 1.82) is 0 Å². The lowest BCUT2D eigenvalue weighted by Crippen LogP contribution is -2.33. The number of aromatic carboxylic acids is 1. The molecule has 0 spiro atoms.